The molecule has 0 radical (unpaired) electrons. The van der Waals surface area contributed by atoms with Gasteiger partial charge < -0.3 is 0 Å². The van der Waals surface area contributed by atoms with Crippen LogP contribution in [0.4, 0.5) is 0 Å². The van der Waals surface area contributed by atoms with Gasteiger partial charge in [-0.1, -0.05) is 94.4 Å². The fraction of sp³-hybridized carbons (Fsp3) is 0.360. The first-order chi connectivity index (χ1) is 12.1. The van der Waals surface area contributed by atoms with Gasteiger partial charge in [-0.05, 0) is 58.1 Å². The maximum Gasteiger partial charge on any atom is -0.00956 e. The highest BCUT2D eigenvalue weighted by atomic mass is 14.3. The van der Waals surface area contributed by atoms with Gasteiger partial charge in [-0.15, -0.1) is 0 Å². The van der Waals surface area contributed by atoms with E-state index in [9.17, 15) is 0 Å². The summed E-state index contributed by atoms with van der Waals surface area (Å²) in [6.07, 6.45) is 2.30. The summed E-state index contributed by atoms with van der Waals surface area (Å²) in [6.45, 7) is 9.36. The maximum atomic E-state index is 2.37. The average Bonchev–Trinajstić information content (AvgIpc) is 2.65. The van der Waals surface area contributed by atoms with E-state index in [1.165, 1.54) is 28.3 Å². The highest BCUT2D eigenvalue weighted by Crippen LogP contribution is 2.35. The topological polar surface area (TPSA) is 0 Å². The van der Waals surface area contributed by atoms with Crippen molar-refractivity contribution in [3.63, 3.8) is 0 Å². The molecule has 3 aromatic carbocycles. The molecule has 3 aromatic rings. The fourth-order valence-corrected chi connectivity index (χ4v) is 3.84. The Balaban J connectivity index is 1.96. The van der Waals surface area contributed by atoms with Crippen LogP contribution >= 0.6 is 0 Å². The van der Waals surface area contributed by atoms with Crippen LogP contribution < -0.4 is 0 Å². The molecule has 0 N–H and O–H groups in total. The van der Waals surface area contributed by atoms with E-state index in [0.717, 1.165) is 6.42 Å². The van der Waals surface area contributed by atoms with Crippen LogP contribution in [0, 0.1) is 5.92 Å². The summed E-state index contributed by atoms with van der Waals surface area (Å²) >= 11 is 0. The zero-order valence-corrected chi connectivity index (χ0v) is 16.0. The average molecular weight is 331 g/mol. The van der Waals surface area contributed by atoms with Crippen LogP contribution in [0.5, 0.6) is 0 Å². The highest BCUT2D eigenvalue weighted by molar-refractivity contribution is 5.83. The molecule has 0 aliphatic heterocycles. The number of fused-ring (bicyclic) bond motifs is 1. The van der Waals surface area contributed by atoms with Crippen LogP contribution in [-0.4, -0.2) is 0 Å². The molecule has 130 valence electrons. The van der Waals surface area contributed by atoms with Crippen molar-refractivity contribution in [2.45, 2.75) is 52.4 Å². The molecule has 0 heterocycles. The van der Waals surface area contributed by atoms with E-state index in [-0.39, 0.29) is 0 Å². The molecule has 3 rings (SSSR count). The lowest BCUT2D eigenvalue weighted by molar-refractivity contribution is 0.488. The van der Waals surface area contributed by atoms with Gasteiger partial charge in [-0.3, -0.25) is 0 Å². The second-order valence-electron chi connectivity index (χ2n) is 7.67. The molecule has 2 unspecified atom stereocenters. The molecule has 0 heteroatoms. The predicted molar refractivity (Wildman–Crippen MR) is 110 cm³/mol. The second-order valence-corrected chi connectivity index (χ2v) is 7.67. The Hall–Kier alpha value is -2.08. The third-order valence-electron chi connectivity index (χ3n) is 5.61. The molecule has 0 saturated carbocycles. The van der Waals surface area contributed by atoms with Gasteiger partial charge in [0.25, 0.3) is 0 Å². The van der Waals surface area contributed by atoms with Crippen molar-refractivity contribution in [1.29, 1.82) is 0 Å². The molecule has 0 amide bonds. The smallest absolute Gasteiger partial charge is 0.00956 e. The summed E-state index contributed by atoms with van der Waals surface area (Å²) < 4.78 is 0. The summed E-state index contributed by atoms with van der Waals surface area (Å²) in [5, 5.41) is 2.67. The van der Waals surface area contributed by atoms with Crippen LogP contribution in [0.1, 0.15) is 62.6 Å². The van der Waals surface area contributed by atoms with Gasteiger partial charge in [0.1, 0.15) is 0 Å². The van der Waals surface area contributed by atoms with E-state index in [4.69, 9.17) is 0 Å². The molecular weight excluding hydrogens is 300 g/mol. The van der Waals surface area contributed by atoms with Crippen LogP contribution in [0.25, 0.3) is 10.8 Å². The fourth-order valence-electron chi connectivity index (χ4n) is 3.84. The van der Waals surface area contributed by atoms with Gasteiger partial charge in [0.15, 0.2) is 0 Å². The predicted octanol–water partition coefficient (Wildman–Crippen LogP) is 7.34. The van der Waals surface area contributed by atoms with Crippen molar-refractivity contribution >= 4 is 10.8 Å². The molecule has 0 nitrogen and oxygen atoms in total. The lowest BCUT2D eigenvalue weighted by atomic mass is 9.78. The molecule has 2 atom stereocenters. The number of benzene rings is 3. The van der Waals surface area contributed by atoms with Crippen molar-refractivity contribution in [1.82, 2.24) is 0 Å². The zero-order valence-electron chi connectivity index (χ0n) is 16.0. The van der Waals surface area contributed by atoms with Crippen LogP contribution in [0.15, 0.2) is 66.7 Å². The summed E-state index contributed by atoms with van der Waals surface area (Å²) in [5.41, 5.74) is 4.51. The van der Waals surface area contributed by atoms with E-state index in [0.29, 0.717) is 17.8 Å². The van der Waals surface area contributed by atoms with Crippen molar-refractivity contribution < 1.29 is 0 Å². The minimum atomic E-state index is 0.561. The van der Waals surface area contributed by atoms with E-state index in [1.807, 2.05) is 0 Å². The zero-order chi connectivity index (χ0) is 17.8. The number of hydrogen-bond donors (Lipinski definition) is 0. The van der Waals surface area contributed by atoms with E-state index in [2.05, 4.69) is 94.4 Å². The third-order valence-corrected chi connectivity index (χ3v) is 5.61. The Morgan fingerprint density at radius 2 is 1.36 bits per heavy atom. The molecular formula is C25H30. The molecule has 0 aromatic heterocycles. The normalized spacial score (nSPS) is 14.0. The summed E-state index contributed by atoms with van der Waals surface area (Å²) in [5.74, 6) is 1.80. The first-order valence-electron chi connectivity index (χ1n) is 9.66. The van der Waals surface area contributed by atoms with Gasteiger partial charge in [-0.25, -0.2) is 0 Å². The van der Waals surface area contributed by atoms with E-state index >= 15 is 0 Å². The van der Waals surface area contributed by atoms with Crippen molar-refractivity contribution in [3.8, 4) is 0 Å². The van der Waals surface area contributed by atoms with Gasteiger partial charge in [0.05, 0.1) is 0 Å². The largest absolute Gasteiger partial charge is 0.0648 e. The quantitative estimate of drug-likeness (QED) is 0.443. The van der Waals surface area contributed by atoms with E-state index in [1.54, 1.807) is 5.56 Å². The Kier molecular flexibility index (Phi) is 5.58. The first-order valence-corrected chi connectivity index (χ1v) is 9.66. The SMILES string of the molecule is CCC(C)c1ccccc1C(Cc1ccc2ccccc2c1)C(C)C. The number of rotatable bonds is 6. The Morgan fingerprint density at radius 1 is 0.720 bits per heavy atom. The lowest BCUT2D eigenvalue weighted by Gasteiger charge is -2.26. The van der Waals surface area contributed by atoms with Gasteiger partial charge in [0.2, 0.25) is 0 Å². The summed E-state index contributed by atoms with van der Waals surface area (Å²) in [4.78, 5) is 0. The highest BCUT2D eigenvalue weighted by Gasteiger charge is 2.21. The summed E-state index contributed by atoms with van der Waals surface area (Å²) in [7, 11) is 0. The molecule has 0 aliphatic rings. The molecule has 0 bridgehead atoms. The van der Waals surface area contributed by atoms with Gasteiger partial charge >= 0.3 is 0 Å². The number of hydrogen-bond acceptors (Lipinski definition) is 0. The minimum Gasteiger partial charge on any atom is -0.0648 e. The summed E-state index contributed by atoms with van der Waals surface area (Å²) in [6, 6.07) is 24.7. The molecule has 0 fully saturated rings. The molecule has 25 heavy (non-hydrogen) atoms. The maximum absolute atomic E-state index is 2.37. The van der Waals surface area contributed by atoms with Gasteiger partial charge in [0, 0.05) is 0 Å². The third kappa shape index (κ3) is 3.95. The van der Waals surface area contributed by atoms with Gasteiger partial charge in [-0.2, -0.15) is 0 Å². The molecule has 0 aliphatic carbocycles. The first kappa shape index (κ1) is 17.7. The van der Waals surface area contributed by atoms with Crippen molar-refractivity contribution in [2.75, 3.05) is 0 Å². The standard InChI is InChI=1S/C25H30/c1-5-19(4)23-12-8-9-13-24(23)25(18(2)3)17-20-14-15-21-10-6-7-11-22(21)16-20/h6-16,18-19,25H,5,17H2,1-4H3. The lowest BCUT2D eigenvalue weighted by Crippen LogP contribution is -2.13. The van der Waals surface area contributed by atoms with E-state index < -0.39 is 0 Å². The van der Waals surface area contributed by atoms with Crippen LogP contribution in [0.2, 0.25) is 0 Å². The van der Waals surface area contributed by atoms with Crippen LogP contribution in [-0.2, 0) is 6.42 Å². The Morgan fingerprint density at radius 3 is 2.04 bits per heavy atom. The van der Waals surface area contributed by atoms with Crippen molar-refractivity contribution in [2.24, 2.45) is 5.92 Å². The Labute approximate surface area is 152 Å². The van der Waals surface area contributed by atoms with Crippen molar-refractivity contribution in [3.05, 3.63) is 83.4 Å². The van der Waals surface area contributed by atoms with Crippen LogP contribution in [0.3, 0.4) is 0 Å². The monoisotopic (exact) mass is 330 g/mol. The molecule has 0 saturated heterocycles. The second kappa shape index (κ2) is 7.87. The molecule has 0 spiro atoms. The Bertz CT molecular complexity index is 828. The minimum absolute atomic E-state index is 0.561.